The lowest BCUT2D eigenvalue weighted by molar-refractivity contribution is 0.232. The molecule has 5 rings (SSSR count). The van der Waals surface area contributed by atoms with Gasteiger partial charge in [0.25, 0.3) is 0 Å². The zero-order valence-corrected chi connectivity index (χ0v) is 17.3. The Morgan fingerprint density at radius 1 is 1.00 bits per heavy atom. The van der Waals surface area contributed by atoms with Crippen molar-refractivity contribution in [3.63, 3.8) is 0 Å². The molecule has 0 bridgehead atoms. The zero-order valence-electron chi connectivity index (χ0n) is 16.6. The van der Waals surface area contributed by atoms with Crippen LogP contribution < -0.4 is 0 Å². The Morgan fingerprint density at radius 3 is 2.66 bits per heavy atom. The summed E-state index contributed by atoms with van der Waals surface area (Å²) < 4.78 is 2.18. The molecule has 0 spiro atoms. The highest BCUT2D eigenvalue weighted by Crippen LogP contribution is 2.30. The van der Waals surface area contributed by atoms with E-state index in [4.69, 9.17) is 26.6 Å². The summed E-state index contributed by atoms with van der Waals surface area (Å²) in [6, 6.07) is 16.1. The molecule has 5 nitrogen and oxygen atoms in total. The van der Waals surface area contributed by atoms with Crippen molar-refractivity contribution in [3.05, 3.63) is 76.5 Å². The first kappa shape index (κ1) is 18.3. The molecule has 0 radical (unpaired) electrons. The largest absolute Gasteiger partial charge is 0.330 e. The van der Waals surface area contributed by atoms with E-state index in [0.717, 1.165) is 70.6 Å². The second-order valence-electron chi connectivity index (χ2n) is 7.57. The van der Waals surface area contributed by atoms with E-state index in [1.54, 1.807) is 0 Å². The molecular formula is C23H22ClN5. The van der Waals surface area contributed by atoms with Crippen molar-refractivity contribution >= 4 is 22.5 Å². The van der Waals surface area contributed by atoms with Crippen LogP contribution in [0.2, 0.25) is 5.02 Å². The van der Waals surface area contributed by atoms with Crippen molar-refractivity contribution in [1.29, 1.82) is 0 Å². The highest BCUT2D eigenvalue weighted by molar-refractivity contribution is 6.33. The number of aryl methyl sites for hydroxylation is 1. The average molecular weight is 404 g/mol. The van der Waals surface area contributed by atoms with Crippen LogP contribution in [0, 0.1) is 6.92 Å². The van der Waals surface area contributed by atoms with Crippen LogP contribution >= 0.6 is 11.6 Å². The Bertz CT molecular complexity index is 1210. The summed E-state index contributed by atoms with van der Waals surface area (Å²) in [5.41, 5.74) is 5.42. The highest BCUT2D eigenvalue weighted by atomic mass is 35.5. The summed E-state index contributed by atoms with van der Waals surface area (Å²) in [6.45, 7) is 4.57. The predicted octanol–water partition coefficient (Wildman–Crippen LogP) is 4.55. The van der Waals surface area contributed by atoms with Crippen LogP contribution in [0.4, 0.5) is 0 Å². The Balaban J connectivity index is 1.42. The van der Waals surface area contributed by atoms with Crippen molar-refractivity contribution < 1.29 is 0 Å². The van der Waals surface area contributed by atoms with Gasteiger partial charge in [-0.2, -0.15) is 0 Å². The maximum Gasteiger partial charge on any atom is 0.143 e. The van der Waals surface area contributed by atoms with Crippen molar-refractivity contribution in [1.82, 2.24) is 24.4 Å². The van der Waals surface area contributed by atoms with Crippen LogP contribution in [0.25, 0.3) is 22.3 Å². The topological polar surface area (TPSA) is 46.8 Å². The summed E-state index contributed by atoms with van der Waals surface area (Å²) in [4.78, 5) is 16.8. The van der Waals surface area contributed by atoms with Gasteiger partial charge in [-0.25, -0.2) is 15.0 Å². The minimum atomic E-state index is 0.731. The smallest absolute Gasteiger partial charge is 0.143 e. The van der Waals surface area contributed by atoms with Gasteiger partial charge in [0.2, 0.25) is 0 Å². The van der Waals surface area contributed by atoms with Gasteiger partial charge in [0, 0.05) is 43.2 Å². The van der Waals surface area contributed by atoms with E-state index < -0.39 is 0 Å². The van der Waals surface area contributed by atoms with E-state index in [-0.39, 0.29) is 0 Å². The van der Waals surface area contributed by atoms with Gasteiger partial charge >= 0.3 is 0 Å². The number of nitrogens with zero attached hydrogens (tertiary/aromatic N) is 5. The van der Waals surface area contributed by atoms with Gasteiger partial charge in [0.15, 0.2) is 0 Å². The van der Waals surface area contributed by atoms with Crippen molar-refractivity contribution in [2.75, 3.05) is 6.54 Å². The van der Waals surface area contributed by atoms with Crippen molar-refractivity contribution in [3.8, 4) is 11.4 Å². The second-order valence-corrected chi connectivity index (χ2v) is 7.98. The molecule has 0 saturated carbocycles. The molecule has 0 saturated heterocycles. The number of hydrogen-bond acceptors (Lipinski definition) is 4. The fraction of sp³-hybridized carbons (Fsp3) is 0.261. The molecular weight excluding hydrogens is 382 g/mol. The molecule has 0 fully saturated rings. The summed E-state index contributed by atoms with van der Waals surface area (Å²) in [5.74, 6) is 1.80. The van der Waals surface area contributed by atoms with Gasteiger partial charge in [-0.3, -0.25) is 4.90 Å². The molecule has 146 valence electrons. The maximum absolute atomic E-state index is 6.41. The second kappa shape index (κ2) is 7.25. The molecule has 1 aliphatic rings. The SMILES string of the molecule is Cc1nc(CN2CCc3nc(-c4ccccc4Cl)n(C)c3C2)nc2ccccc12. The van der Waals surface area contributed by atoms with E-state index in [0.29, 0.717) is 0 Å². The van der Waals surface area contributed by atoms with Gasteiger partial charge in [0.1, 0.15) is 11.6 Å². The third-order valence-corrected chi connectivity index (χ3v) is 5.98. The van der Waals surface area contributed by atoms with Crippen molar-refractivity contribution in [2.45, 2.75) is 26.4 Å². The molecule has 0 aliphatic carbocycles. The number of rotatable bonds is 3. The number of halogens is 1. The zero-order chi connectivity index (χ0) is 20.0. The minimum Gasteiger partial charge on any atom is -0.330 e. The quantitative estimate of drug-likeness (QED) is 0.503. The lowest BCUT2D eigenvalue weighted by atomic mass is 10.1. The molecule has 0 atom stereocenters. The third-order valence-electron chi connectivity index (χ3n) is 5.65. The first-order valence-electron chi connectivity index (χ1n) is 9.84. The molecule has 2 aromatic heterocycles. The summed E-state index contributed by atoms with van der Waals surface area (Å²) in [7, 11) is 2.07. The minimum absolute atomic E-state index is 0.731. The molecule has 0 unspecified atom stereocenters. The fourth-order valence-corrected chi connectivity index (χ4v) is 4.35. The van der Waals surface area contributed by atoms with Gasteiger partial charge in [-0.15, -0.1) is 0 Å². The number of imidazole rings is 1. The Hall–Kier alpha value is -2.76. The lowest BCUT2D eigenvalue weighted by Gasteiger charge is -2.26. The predicted molar refractivity (Wildman–Crippen MR) is 116 cm³/mol. The van der Waals surface area contributed by atoms with Gasteiger partial charge in [0.05, 0.1) is 28.5 Å². The standard InChI is InChI=1S/C23H22ClN5/c1-15-16-7-4-6-10-19(16)26-22(25-15)14-29-12-11-20-21(13-29)28(2)23(27-20)17-8-3-5-9-18(17)24/h3-10H,11-14H2,1-2H3. The molecule has 0 amide bonds. The van der Waals surface area contributed by atoms with Gasteiger partial charge in [-0.05, 0) is 25.1 Å². The molecule has 1 aliphatic heterocycles. The number of aromatic nitrogens is 4. The maximum atomic E-state index is 6.41. The van der Waals surface area contributed by atoms with Crippen LogP contribution in [0.1, 0.15) is 22.9 Å². The Morgan fingerprint density at radius 2 is 1.79 bits per heavy atom. The van der Waals surface area contributed by atoms with E-state index >= 15 is 0 Å². The Kier molecular flexibility index (Phi) is 4.57. The van der Waals surface area contributed by atoms with E-state index in [2.05, 4.69) is 35.6 Å². The van der Waals surface area contributed by atoms with Gasteiger partial charge < -0.3 is 4.57 Å². The molecule has 4 aromatic rings. The average Bonchev–Trinajstić information content (AvgIpc) is 3.04. The number of hydrogen-bond donors (Lipinski definition) is 0. The number of para-hydroxylation sites is 1. The van der Waals surface area contributed by atoms with E-state index in [1.165, 1.54) is 5.69 Å². The van der Waals surface area contributed by atoms with E-state index in [1.807, 2.05) is 36.4 Å². The van der Waals surface area contributed by atoms with Crippen LogP contribution in [-0.2, 0) is 26.6 Å². The van der Waals surface area contributed by atoms with E-state index in [9.17, 15) is 0 Å². The molecule has 29 heavy (non-hydrogen) atoms. The van der Waals surface area contributed by atoms with Gasteiger partial charge in [-0.1, -0.05) is 41.9 Å². The number of benzene rings is 2. The first-order chi connectivity index (χ1) is 14.1. The number of fused-ring (bicyclic) bond motifs is 2. The first-order valence-corrected chi connectivity index (χ1v) is 10.2. The van der Waals surface area contributed by atoms with Crippen LogP contribution in [0.5, 0.6) is 0 Å². The molecule has 0 N–H and O–H groups in total. The summed E-state index contributed by atoms with van der Waals surface area (Å²) >= 11 is 6.41. The molecule has 3 heterocycles. The summed E-state index contributed by atoms with van der Waals surface area (Å²) in [6.07, 6.45) is 0.917. The monoisotopic (exact) mass is 403 g/mol. The lowest BCUT2D eigenvalue weighted by Crippen LogP contribution is -2.31. The third kappa shape index (κ3) is 3.30. The molecule has 6 heteroatoms. The van der Waals surface area contributed by atoms with Crippen molar-refractivity contribution in [2.24, 2.45) is 7.05 Å². The normalized spacial score (nSPS) is 14.3. The van der Waals surface area contributed by atoms with Crippen LogP contribution in [0.3, 0.4) is 0 Å². The highest BCUT2D eigenvalue weighted by Gasteiger charge is 2.24. The molecule has 2 aromatic carbocycles. The Labute approximate surface area is 175 Å². The van der Waals surface area contributed by atoms with Crippen LogP contribution in [0.15, 0.2) is 48.5 Å². The van der Waals surface area contributed by atoms with Crippen LogP contribution in [-0.4, -0.2) is 31.0 Å². The fourth-order valence-electron chi connectivity index (χ4n) is 4.13. The summed E-state index contributed by atoms with van der Waals surface area (Å²) in [5, 5.41) is 1.85.